The molecule has 0 aliphatic carbocycles. The molecule has 128 valence electrons. The lowest BCUT2D eigenvalue weighted by atomic mass is 10.1. The van der Waals surface area contributed by atoms with Crippen molar-refractivity contribution in [3.63, 3.8) is 0 Å². The minimum absolute atomic E-state index is 0.160. The Kier molecular flexibility index (Phi) is 4.27. The fourth-order valence-corrected chi connectivity index (χ4v) is 3.20. The van der Waals surface area contributed by atoms with Crippen molar-refractivity contribution in [3.05, 3.63) is 58.1 Å². The number of carboxylic acids is 1. The Hall–Kier alpha value is -2.25. The highest BCUT2D eigenvalue weighted by Gasteiger charge is 2.22. The molecule has 1 fully saturated rings. The summed E-state index contributed by atoms with van der Waals surface area (Å²) in [4.78, 5) is 20.3. The van der Waals surface area contributed by atoms with Crippen molar-refractivity contribution >= 4 is 32.9 Å². The first-order valence-electron chi connectivity index (χ1n) is 8.04. The SMILES string of the molecule is O=C(O)c1ccc2nc(Cc3ccc(Br)nc3)n(CC3CCO3)c2c1. The number of nitrogens with zero attached hydrogens (tertiary/aromatic N) is 3. The van der Waals surface area contributed by atoms with E-state index in [9.17, 15) is 9.90 Å². The largest absolute Gasteiger partial charge is 0.478 e. The summed E-state index contributed by atoms with van der Waals surface area (Å²) in [5.41, 5.74) is 2.94. The Morgan fingerprint density at radius 1 is 1.36 bits per heavy atom. The number of pyridine rings is 1. The van der Waals surface area contributed by atoms with Gasteiger partial charge in [-0.25, -0.2) is 14.8 Å². The minimum atomic E-state index is -0.937. The van der Waals surface area contributed by atoms with Crippen molar-refractivity contribution in [1.29, 1.82) is 0 Å². The van der Waals surface area contributed by atoms with E-state index >= 15 is 0 Å². The topological polar surface area (TPSA) is 77.2 Å². The van der Waals surface area contributed by atoms with Gasteiger partial charge in [-0.15, -0.1) is 0 Å². The molecular weight excluding hydrogens is 386 g/mol. The molecular formula is C18H16BrN3O3. The maximum Gasteiger partial charge on any atom is 0.335 e. The number of carboxylic acid groups (broad SMARTS) is 1. The van der Waals surface area contributed by atoms with Gasteiger partial charge in [0.25, 0.3) is 0 Å². The predicted octanol–water partition coefficient (Wildman–Crippen LogP) is 3.27. The third-order valence-electron chi connectivity index (χ3n) is 4.40. The number of hydrogen-bond acceptors (Lipinski definition) is 4. The molecule has 0 bridgehead atoms. The molecule has 1 aromatic carbocycles. The Labute approximate surface area is 152 Å². The molecule has 1 unspecified atom stereocenters. The quantitative estimate of drug-likeness (QED) is 0.663. The molecule has 0 amide bonds. The highest BCUT2D eigenvalue weighted by atomic mass is 79.9. The molecule has 4 rings (SSSR count). The van der Waals surface area contributed by atoms with E-state index in [2.05, 4.69) is 25.5 Å². The summed E-state index contributed by atoms with van der Waals surface area (Å²) in [5.74, 6) is -0.0506. The summed E-state index contributed by atoms with van der Waals surface area (Å²) in [6.45, 7) is 1.46. The molecule has 3 aromatic rings. The summed E-state index contributed by atoms with van der Waals surface area (Å²) in [6, 6.07) is 8.95. The smallest absolute Gasteiger partial charge is 0.335 e. The van der Waals surface area contributed by atoms with Gasteiger partial charge < -0.3 is 14.4 Å². The first kappa shape index (κ1) is 16.2. The van der Waals surface area contributed by atoms with E-state index < -0.39 is 5.97 Å². The van der Waals surface area contributed by atoms with E-state index in [1.807, 2.05) is 18.3 Å². The first-order chi connectivity index (χ1) is 12.1. The van der Waals surface area contributed by atoms with Gasteiger partial charge in [-0.3, -0.25) is 0 Å². The Morgan fingerprint density at radius 3 is 2.84 bits per heavy atom. The third kappa shape index (κ3) is 3.29. The second kappa shape index (κ2) is 6.57. The van der Waals surface area contributed by atoms with Crippen LogP contribution in [0.5, 0.6) is 0 Å². The first-order valence-corrected chi connectivity index (χ1v) is 8.84. The zero-order chi connectivity index (χ0) is 17.4. The Morgan fingerprint density at radius 2 is 2.20 bits per heavy atom. The van der Waals surface area contributed by atoms with Crippen molar-refractivity contribution in [1.82, 2.24) is 14.5 Å². The minimum Gasteiger partial charge on any atom is -0.478 e. The van der Waals surface area contributed by atoms with E-state index in [-0.39, 0.29) is 11.7 Å². The molecule has 1 saturated heterocycles. The van der Waals surface area contributed by atoms with Crippen molar-refractivity contribution in [2.45, 2.75) is 25.5 Å². The second-order valence-corrected chi connectivity index (χ2v) is 6.91. The summed E-state index contributed by atoms with van der Waals surface area (Å²) in [5, 5.41) is 9.28. The molecule has 6 nitrogen and oxygen atoms in total. The number of carbonyl (C=O) groups is 1. The van der Waals surface area contributed by atoms with Crippen LogP contribution >= 0.6 is 15.9 Å². The number of benzene rings is 1. The fraction of sp³-hybridized carbons (Fsp3) is 0.278. The fourth-order valence-electron chi connectivity index (χ4n) is 2.97. The summed E-state index contributed by atoms with van der Waals surface area (Å²) < 4.78 is 8.44. The van der Waals surface area contributed by atoms with Crippen LogP contribution in [0.1, 0.15) is 28.2 Å². The number of hydrogen-bond donors (Lipinski definition) is 1. The van der Waals surface area contributed by atoms with E-state index in [1.54, 1.807) is 18.2 Å². The average molecular weight is 402 g/mol. The number of ether oxygens (including phenoxy) is 1. The van der Waals surface area contributed by atoms with Crippen LogP contribution in [-0.2, 0) is 17.7 Å². The molecule has 1 N–H and O–H groups in total. The van der Waals surface area contributed by atoms with Gasteiger partial charge in [0.15, 0.2) is 0 Å². The van der Waals surface area contributed by atoms with Gasteiger partial charge >= 0.3 is 5.97 Å². The predicted molar refractivity (Wildman–Crippen MR) is 95.8 cm³/mol. The van der Waals surface area contributed by atoms with E-state index in [0.29, 0.717) is 13.0 Å². The van der Waals surface area contributed by atoms with Crippen molar-refractivity contribution < 1.29 is 14.6 Å². The van der Waals surface area contributed by atoms with Gasteiger partial charge in [-0.1, -0.05) is 6.07 Å². The summed E-state index contributed by atoms with van der Waals surface area (Å²) >= 11 is 3.34. The number of fused-ring (bicyclic) bond motifs is 1. The van der Waals surface area contributed by atoms with Crippen molar-refractivity contribution in [2.75, 3.05) is 6.61 Å². The number of halogens is 1. The molecule has 2 aromatic heterocycles. The molecule has 1 aliphatic heterocycles. The van der Waals surface area contributed by atoms with Gasteiger partial charge in [0, 0.05) is 19.2 Å². The van der Waals surface area contributed by atoms with E-state index in [4.69, 9.17) is 9.72 Å². The van der Waals surface area contributed by atoms with Crippen LogP contribution < -0.4 is 0 Å². The van der Waals surface area contributed by atoms with Crippen molar-refractivity contribution in [2.24, 2.45) is 0 Å². The summed E-state index contributed by atoms with van der Waals surface area (Å²) in [6.07, 6.45) is 3.62. The van der Waals surface area contributed by atoms with Gasteiger partial charge in [-0.05, 0) is 52.2 Å². The third-order valence-corrected chi connectivity index (χ3v) is 4.87. The summed E-state index contributed by atoms with van der Waals surface area (Å²) in [7, 11) is 0. The lowest BCUT2D eigenvalue weighted by molar-refractivity contribution is -0.0589. The van der Waals surface area contributed by atoms with Crippen LogP contribution in [-0.4, -0.2) is 38.3 Å². The lowest BCUT2D eigenvalue weighted by Gasteiger charge is -2.27. The normalized spacial score (nSPS) is 16.8. The van der Waals surface area contributed by atoms with E-state index in [1.165, 1.54) is 0 Å². The number of rotatable bonds is 5. The van der Waals surface area contributed by atoms with Crippen LogP contribution in [0.25, 0.3) is 11.0 Å². The van der Waals surface area contributed by atoms with Crippen molar-refractivity contribution in [3.8, 4) is 0 Å². The van der Waals surface area contributed by atoms with Crippen LogP contribution in [0.3, 0.4) is 0 Å². The maximum absolute atomic E-state index is 11.3. The highest BCUT2D eigenvalue weighted by Crippen LogP contribution is 2.24. The Balaban J connectivity index is 1.76. The zero-order valence-electron chi connectivity index (χ0n) is 13.4. The molecule has 1 atom stereocenters. The van der Waals surface area contributed by atoms with Gasteiger partial charge in [0.05, 0.1) is 29.2 Å². The number of aromatic carboxylic acids is 1. The highest BCUT2D eigenvalue weighted by molar-refractivity contribution is 9.10. The molecule has 0 spiro atoms. The maximum atomic E-state index is 11.3. The van der Waals surface area contributed by atoms with Crippen LogP contribution in [0, 0.1) is 0 Å². The molecule has 7 heteroatoms. The second-order valence-electron chi connectivity index (χ2n) is 6.09. The van der Waals surface area contributed by atoms with Gasteiger partial charge in [-0.2, -0.15) is 0 Å². The van der Waals surface area contributed by atoms with Crippen LogP contribution in [0.4, 0.5) is 0 Å². The van der Waals surface area contributed by atoms with Crippen LogP contribution in [0.15, 0.2) is 41.1 Å². The molecule has 0 radical (unpaired) electrons. The van der Waals surface area contributed by atoms with Crippen LogP contribution in [0.2, 0.25) is 0 Å². The number of aromatic nitrogens is 3. The Bertz CT molecular complexity index is 933. The molecule has 3 heterocycles. The molecule has 25 heavy (non-hydrogen) atoms. The molecule has 0 saturated carbocycles. The van der Waals surface area contributed by atoms with Gasteiger partial charge in [0.1, 0.15) is 10.4 Å². The standard InChI is InChI=1S/C18H16BrN3O3/c19-16-4-1-11(9-20-16)7-17-21-14-3-2-12(18(23)24)8-15(14)22(17)10-13-5-6-25-13/h1-4,8-9,13H,5-7,10H2,(H,23,24). The number of imidazole rings is 1. The van der Waals surface area contributed by atoms with E-state index in [0.717, 1.165) is 40.1 Å². The monoisotopic (exact) mass is 401 g/mol. The van der Waals surface area contributed by atoms with Gasteiger partial charge in [0.2, 0.25) is 0 Å². The average Bonchev–Trinajstić information content (AvgIpc) is 2.89. The molecule has 1 aliphatic rings. The lowest BCUT2D eigenvalue weighted by Crippen LogP contribution is -2.31. The zero-order valence-corrected chi connectivity index (χ0v) is 14.9.